The molecule has 2 aliphatic rings. The van der Waals surface area contributed by atoms with E-state index in [9.17, 15) is 0 Å². The van der Waals surface area contributed by atoms with Crippen LogP contribution in [0.2, 0.25) is 5.02 Å². The van der Waals surface area contributed by atoms with Crippen molar-refractivity contribution in [3.05, 3.63) is 74.3 Å². The van der Waals surface area contributed by atoms with Gasteiger partial charge in [-0.3, -0.25) is 0 Å². The van der Waals surface area contributed by atoms with Crippen LogP contribution in [-0.4, -0.2) is 0 Å². The highest BCUT2D eigenvalue weighted by Crippen LogP contribution is 2.49. The van der Waals surface area contributed by atoms with Gasteiger partial charge in [0.05, 0.1) is 6.04 Å². The van der Waals surface area contributed by atoms with Crippen molar-refractivity contribution >= 4 is 39.9 Å². The van der Waals surface area contributed by atoms with E-state index in [1.807, 2.05) is 12.1 Å². The van der Waals surface area contributed by atoms with Crippen LogP contribution in [0.1, 0.15) is 29.5 Å². The second-order valence-electron chi connectivity index (χ2n) is 5.76. The van der Waals surface area contributed by atoms with Crippen molar-refractivity contribution in [1.29, 1.82) is 0 Å². The molecule has 4 rings (SSSR count). The number of halogens is 2. The maximum atomic E-state index is 6.03. The summed E-state index contributed by atoms with van der Waals surface area (Å²) in [7, 11) is 0. The van der Waals surface area contributed by atoms with E-state index in [0.29, 0.717) is 17.9 Å². The molecule has 3 atom stereocenters. The Labute approximate surface area is 143 Å². The van der Waals surface area contributed by atoms with Gasteiger partial charge in [-0.1, -0.05) is 35.9 Å². The van der Waals surface area contributed by atoms with Crippen molar-refractivity contribution < 1.29 is 0 Å². The smallest absolute Gasteiger partial charge is 0.0553 e. The lowest BCUT2D eigenvalue weighted by molar-refractivity contribution is 0.425. The molecule has 1 heterocycles. The predicted octanol–water partition coefficient (Wildman–Crippen LogP) is 5.77. The molecule has 3 heteroatoms. The van der Waals surface area contributed by atoms with Gasteiger partial charge in [0.15, 0.2) is 0 Å². The van der Waals surface area contributed by atoms with E-state index in [-0.39, 0.29) is 0 Å². The highest BCUT2D eigenvalue weighted by Gasteiger charge is 2.37. The molecule has 1 aliphatic heterocycles. The normalized spacial score (nSPS) is 26.1. The number of benzene rings is 2. The van der Waals surface area contributed by atoms with Crippen molar-refractivity contribution in [2.24, 2.45) is 5.92 Å². The third-order valence-electron chi connectivity index (χ3n) is 4.55. The zero-order valence-corrected chi connectivity index (χ0v) is 14.3. The Morgan fingerprint density at radius 2 is 1.90 bits per heavy atom. The molecule has 0 aromatic heterocycles. The third kappa shape index (κ3) is 2.38. The highest BCUT2D eigenvalue weighted by atomic mass is 127. The Morgan fingerprint density at radius 3 is 2.71 bits per heavy atom. The van der Waals surface area contributed by atoms with Gasteiger partial charge >= 0.3 is 0 Å². The van der Waals surface area contributed by atoms with Crippen LogP contribution in [0.4, 0.5) is 5.69 Å². The summed E-state index contributed by atoms with van der Waals surface area (Å²) in [6, 6.07) is 15.3. The molecule has 21 heavy (non-hydrogen) atoms. The predicted molar refractivity (Wildman–Crippen MR) is 97.0 cm³/mol. The van der Waals surface area contributed by atoms with E-state index in [2.05, 4.69) is 70.4 Å². The zero-order valence-electron chi connectivity index (χ0n) is 11.4. The summed E-state index contributed by atoms with van der Waals surface area (Å²) in [6.45, 7) is 0. The van der Waals surface area contributed by atoms with Gasteiger partial charge in [0, 0.05) is 20.2 Å². The molecule has 1 nitrogen and oxygen atoms in total. The maximum absolute atomic E-state index is 6.03. The first-order chi connectivity index (χ1) is 10.2. The Hall–Kier alpha value is -1.00. The number of fused-ring (bicyclic) bond motifs is 3. The Morgan fingerprint density at radius 1 is 1.10 bits per heavy atom. The number of rotatable bonds is 1. The molecule has 0 saturated heterocycles. The first-order valence-corrected chi connectivity index (χ1v) is 8.66. The van der Waals surface area contributed by atoms with Gasteiger partial charge in [-0.2, -0.15) is 0 Å². The van der Waals surface area contributed by atoms with Crippen molar-refractivity contribution in [3.8, 4) is 0 Å². The van der Waals surface area contributed by atoms with Gasteiger partial charge in [0.25, 0.3) is 0 Å². The van der Waals surface area contributed by atoms with E-state index in [4.69, 9.17) is 11.6 Å². The summed E-state index contributed by atoms with van der Waals surface area (Å²) >= 11 is 8.42. The average molecular weight is 408 g/mol. The highest BCUT2D eigenvalue weighted by molar-refractivity contribution is 14.1. The first kappa shape index (κ1) is 13.6. The van der Waals surface area contributed by atoms with Crippen LogP contribution >= 0.6 is 34.2 Å². The maximum Gasteiger partial charge on any atom is 0.0553 e. The molecule has 0 amide bonds. The fourth-order valence-corrected chi connectivity index (χ4v) is 4.21. The SMILES string of the molecule is Clc1ccc(C2Nc3ccc(I)cc3C3C=CCC32)cc1. The van der Waals surface area contributed by atoms with Crippen molar-refractivity contribution in [2.45, 2.75) is 18.4 Å². The van der Waals surface area contributed by atoms with Crippen LogP contribution in [0.15, 0.2) is 54.6 Å². The number of hydrogen-bond donors (Lipinski definition) is 1. The van der Waals surface area contributed by atoms with Crippen LogP contribution in [0, 0.1) is 9.49 Å². The summed E-state index contributed by atoms with van der Waals surface area (Å²) in [5.41, 5.74) is 4.02. The molecular formula is C18H15ClIN. The molecule has 2 aromatic rings. The number of anilines is 1. The lowest BCUT2D eigenvalue weighted by Gasteiger charge is -2.37. The molecule has 0 saturated carbocycles. The average Bonchev–Trinajstić information content (AvgIpc) is 2.97. The molecule has 0 fully saturated rings. The minimum Gasteiger partial charge on any atom is -0.378 e. The van der Waals surface area contributed by atoms with Gasteiger partial charge in [-0.15, -0.1) is 0 Å². The molecule has 0 radical (unpaired) electrons. The first-order valence-electron chi connectivity index (χ1n) is 7.20. The second-order valence-corrected chi connectivity index (χ2v) is 7.44. The van der Waals surface area contributed by atoms with E-state index >= 15 is 0 Å². The third-order valence-corrected chi connectivity index (χ3v) is 5.48. The van der Waals surface area contributed by atoms with Gasteiger partial charge in [0.2, 0.25) is 0 Å². The van der Waals surface area contributed by atoms with Gasteiger partial charge in [-0.05, 0) is 76.4 Å². The van der Waals surface area contributed by atoms with E-state index in [1.54, 1.807) is 0 Å². The monoisotopic (exact) mass is 407 g/mol. The van der Waals surface area contributed by atoms with E-state index in [1.165, 1.54) is 20.4 Å². The minimum absolute atomic E-state index is 0.356. The largest absolute Gasteiger partial charge is 0.378 e. The van der Waals surface area contributed by atoms with Crippen LogP contribution in [0.3, 0.4) is 0 Å². The Bertz CT molecular complexity index is 708. The molecular weight excluding hydrogens is 393 g/mol. The van der Waals surface area contributed by atoms with Crippen LogP contribution in [0.25, 0.3) is 0 Å². The number of hydrogen-bond acceptors (Lipinski definition) is 1. The quantitative estimate of drug-likeness (QED) is 0.467. The Balaban J connectivity index is 1.78. The lowest BCUT2D eigenvalue weighted by atomic mass is 9.77. The zero-order chi connectivity index (χ0) is 14.4. The molecule has 0 bridgehead atoms. The van der Waals surface area contributed by atoms with Crippen LogP contribution in [0.5, 0.6) is 0 Å². The van der Waals surface area contributed by atoms with E-state index in [0.717, 1.165) is 11.4 Å². The number of allylic oxidation sites excluding steroid dienone is 2. The van der Waals surface area contributed by atoms with E-state index < -0.39 is 0 Å². The molecule has 1 N–H and O–H groups in total. The van der Waals surface area contributed by atoms with Crippen molar-refractivity contribution in [1.82, 2.24) is 0 Å². The van der Waals surface area contributed by atoms with Crippen LogP contribution in [-0.2, 0) is 0 Å². The Kier molecular flexibility index (Phi) is 3.46. The molecule has 1 aliphatic carbocycles. The van der Waals surface area contributed by atoms with Crippen LogP contribution < -0.4 is 5.32 Å². The summed E-state index contributed by atoms with van der Waals surface area (Å²) in [4.78, 5) is 0. The standard InChI is InChI=1S/C18H15ClIN/c19-12-6-4-11(5-7-12)18-15-3-1-2-14(15)16-10-13(20)8-9-17(16)21-18/h1-2,4-10,14-15,18,21H,3H2. The summed E-state index contributed by atoms with van der Waals surface area (Å²) in [6.07, 6.45) is 5.84. The summed E-state index contributed by atoms with van der Waals surface area (Å²) in [5.74, 6) is 1.12. The molecule has 3 unspecified atom stereocenters. The fourth-order valence-electron chi connectivity index (χ4n) is 3.57. The van der Waals surface area contributed by atoms with Crippen molar-refractivity contribution in [3.63, 3.8) is 0 Å². The fraction of sp³-hybridized carbons (Fsp3) is 0.222. The minimum atomic E-state index is 0.356. The van der Waals surface area contributed by atoms with Crippen molar-refractivity contribution in [2.75, 3.05) is 5.32 Å². The lowest BCUT2D eigenvalue weighted by Crippen LogP contribution is -2.29. The van der Waals surface area contributed by atoms with Gasteiger partial charge in [0.1, 0.15) is 0 Å². The number of nitrogens with one attached hydrogen (secondary N) is 1. The molecule has 106 valence electrons. The van der Waals surface area contributed by atoms with Gasteiger partial charge < -0.3 is 5.32 Å². The van der Waals surface area contributed by atoms with Gasteiger partial charge in [-0.25, -0.2) is 0 Å². The molecule has 0 spiro atoms. The molecule has 2 aromatic carbocycles. The summed E-state index contributed by atoms with van der Waals surface area (Å²) < 4.78 is 1.30. The second kappa shape index (κ2) is 5.33. The summed E-state index contributed by atoms with van der Waals surface area (Å²) in [5, 5.41) is 4.54. The topological polar surface area (TPSA) is 12.0 Å².